The molecule has 0 spiro atoms. The Morgan fingerprint density at radius 3 is 2.38 bits per heavy atom. The van der Waals surface area contributed by atoms with E-state index in [1.807, 2.05) is 57.5 Å². The lowest BCUT2D eigenvalue weighted by molar-refractivity contribution is -0.144. The van der Waals surface area contributed by atoms with Crippen molar-refractivity contribution < 1.29 is 19.1 Å². The topological polar surface area (TPSA) is 57.5 Å². The molecule has 0 atom stereocenters. The maximum Gasteiger partial charge on any atom is 0.344 e. The summed E-state index contributed by atoms with van der Waals surface area (Å²) >= 11 is 0. The van der Waals surface area contributed by atoms with Crippen molar-refractivity contribution in [3.8, 4) is 5.75 Å². The van der Waals surface area contributed by atoms with Crippen LogP contribution in [0.3, 0.4) is 0 Å². The molecule has 1 aromatic heterocycles. The monoisotopic (exact) mass is 329 g/mol. The van der Waals surface area contributed by atoms with Gasteiger partial charge >= 0.3 is 5.97 Å². The zero-order valence-electron chi connectivity index (χ0n) is 14.8. The summed E-state index contributed by atoms with van der Waals surface area (Å²) in [5.74, 6) is -0.126. The van der Waals surface area contributed by atoms with Crippen molar-refractivity contribution >= 4 is 11.8 Å². The third-order valence-electron chi connectivity index (χ3n) is 4.13. The molecule has 2 rings (SSSR count). The standard InChI is InChI=1S/C19H23NO4/c1-12-6-7-13(2)18(8-12)23-11-19(22)24-10-17(21)16-9-14(3)20(5)15(16)4/h6-9H,10-11H2,1-5H3. The number of carbonyl (C=O) groups is 2. The second kappa shape index (κ2) is 7.34. The van der Waals surface area contributed by atoms with Crippen molar-refractivity contribution in [2.45, 2.75) is 27.7 Å². The van der Waals surface area contributed by atoms with Crippen LogP contribution in [0.5, 0.6) is 5.75 Å². The molecule has 0 fully saturated rings. The first-order valence-corrected chi connectivity index (χ1v) is 7.81. The molecule has 0 aliphatic carbocycles. The van der Waals surface area contributed by atoms with Crippen molar-refractivity contribution in [2.24, 2.45) is 7.05 Å². The minimum Gasteiger partial charge on any atom is -0.482 e. The summed E-state index contributed by atoms with van der Waals surface area (Å²) in [4.78, 5) is 24.0. The van der Waals surface area contributed by atoms with Gasteiger partial charge in [-0.25, -0.2) is 4.79 Å². The average Bonchev–Trinajstić information content (AvgIpc) is 2.81. The van der Waals surface area contributed by atoms with Gasteiger partial charge in [0.05, 0.1) is 0 Å². The molecule has 0 aliphatic heterocycles. The number of hydrogen-bond donors (Lipinski definition) is 0. The molecule has 0 N–H and O–H groups in total. The van der Waals surface area contributed by atoms with Gasteiger partial charge < -0.3 is 14.0 Å². The number of carbonyl (C=O) groups excluding carboxylic acids is 2. The van der Waals surface area contributed by atoms with E-state index < -0.39 is 5.97 Å². The van der Waals surface area contributed by atoms with Gasteiger partial charge in [-0.1, -0.05) is 12.1 Å². The van der Waals surface area contributed by atoms with Gasteiger partial charge in [0.15, 0.2) is 13.2 Å². The fourth-order valence-corrected chi connectivity index (χ4v) is 2.40. The molecule has 0 radical (unpaired) electrons. The summed E-state index contributed by atoms with van der Waals surface area (Å²) in [6.07, 6.45) is 0. The molecule has 0 bridgehead atoms. The summed E-state index contributed by atoms with van der Waals surface area (Å²) in [5, 5.41) is 0. The fraction of sp³-hybridized carbons (Fsp3) is 0.368. The number of hydrogen-bond acceptors (Lipinski definition) is 4. The van der Waals surface area contributed by atoms with E-state index in [0.29, 0.717) is 11.3 Å². The Balaban J connectivity index is 1.88. The van der Waals surface area contributed by atoms with E-state index in [2.05, 4.69) is 0 Å². The van der Waals surface area contributed by atoms with E-state index in [-0.39, 0.29) is 19.0 Å². The molecule has 0 aliphatic rings. The number of benzene rings is 1. The van der Waals surface area contributed by atoms with Crippen LogP contribution in [0.1, 0.15) is 32.9 Å². The molecule has 5 heteroatoms. The third-order valence-corrected chi connectivity index (χ3v) is 4.13. The van der Waals surface area contributed by atoms with E-state index in [0.717, 1.165) is 22.5 Å². The highest BCUT2D eigenvalue weighted by atomic mass is 16.6. The Bertz CT molecular complexity index is 774. The predicted molar refractivity (Wildman–Crippen MR) is 91.6 cm³/mol. The minimum atomic E-state index is -0.561. The highest BCUT2D eigenvalue weighted by Crippen LogP contribution is 2.19. The van der Waals surface area contributed by atoms with Crippen LogP contribution in [-0.4, -0.2) is 29.5 Å². The van der Waals surface area contributed by atoms with Gasteiger partial charge in [0, 0.05) is 24.0 Å². The third kappa shape index (κ3) is 4.04. The number of nitrogens with zero attached hydrogens (tertiary/aromatic N) is 1. The number of Topliss-reactive ketones (excluding diaryl/α,β-unsaturated/α-hetero) is 1. The quantitative estimate of drug-likeness (QED) is 0.604. The van der Waals surface area contributed by atoms with E-state index in [1.165, 1.54) is 0 Å². The second-order valence-electron chi connectivity index (χ2n) is 5.99. The number of ketones is 1. The van der Waals surface area contributed by atoms with Gasteiger partial charge in [-0.2, -0.15) is 0 Å². The lowest BCUT2D eigenvalue weighted by Gasteiger charge is -2.09. The maximum atomic E-state index is 12.2. The van der Waals surface area contributed by atoms with Crippen LogP contribution in [0, 0.1) is 27.7 Å². The molecule has 24 heavy (non-hydrogen) atoms. The Morgan fingerprint density at radius 2 is 1.75 bits per heavy atom. The molecule has 128 valence electrons. The summed E-state index contributed by atoms with van der Waals surface area (Å²) in [6.45, 7) is 7.15. The summed E-state index contributed by atoms with van der Waals surface area (Å²) in [6, 6.07) is 7.57. The molecule has 0 saturated heterocycles. The van der Waals surface area contributed by atoms with Crippen molar-refractivity contribution in [3.63, 3.8) is 0 Å². The number of esters is 1. The Labute approximate surface area is 142 Å². The predicted octanol–water partition coefficient (Wildman–Crippen LogP) is 3.06. The van der Waals surface area contributed by atoms with Crippen LogP contribution in [0.15, 0.2) is 24.3 Å². The van der Waals surface area contributed by atoms with Gasteiger partial charge in [0.2, 0.25) is 5.78 Å². The van der Waals surface area contributed by atoms with Gasteiger partial charge in [0.1, 0.15) is 5.75 Å². The lowest BCUT2D eigenvalue weighted by atomic mass is 10.1. The van der Waals surface area contributed by atoms with Crippen molar-refractivity contribution in [1.29, 1.82) is 0 Å². The highest BCUT2D eigenvalue weighted by Gasteiger charge is 2.16. The van der Waals surface area contributed by atoms with Crippen molar-refractivity contribution in [2.75, 3.05) is 13.2 Å². The number of ether oxygens (including phenoxy) is 2. The number of rotatable bonds is 6. The molecule has 1 heterocycles. The molecule has 0 amide bonds. The summed E-state index contributed by atoms with van der Waals surface area (Å²) in [7, 11) is 1.89. The lowest BCUT2D eigenvalue weighted by Crippen LogP contribution is -2.20. The van der Waals surface area contributed by atoms with Crippen molar-refractivity contribution in [3.05, 3.63) is 52.3 Å². The largest absolute Gasteiger partial charge is 0.482 e. The van der Waals surface area contributed by atoms with Crippen LogP contribution in [0.25, 0.3) is 0 Å². The van der Waals surface area contributed by atoms with Crippen LogP contribution in [0.2, 0.25) is 0 Å². The molecular formula is C19H23NO4. The fourth-order valence-electron chi connectivity index (χ4n) is 2.40. The smallest absolute Gasteiger partial charge is 0.344 e. The molecule has 1 aromatic carbocycles. The SMILES string of the molecule is Cc1ccc(C)c(OCC(=O)OCC(=O)c2cc(C)n(C)c2C)c1. The second-order valence-corrected chi connectivity index (χ2v) is 5.99. The Hall–Kier alpha value is -2.56. The summed E-state index contributed by atoms with van der Waals surface area (Å²) in [5.41, 5.74) is 4.42. The maximum absolute atomic E-state index is 12.2. The Kier molecular flexibility index (Phi) is 5.44. The van der Waals surface area contributed by atoms with Crippen LogP contribution >= 0.6 is 0 Å². The molecular weight excluding hydrogens is 306 g/mol. The first kappa shape index (κ1) is 17.8. The van der Waals surface area contributed by atoms with Crippen LogP contribution in [0.4, 0.5) is 0 Å². The minimum absolute atomic E-state index is 0.212. The highest BCUT2D eigenvalue weighted by molar-refractivity contribution is 5.99. The first-order chi connectivity index (χ1) is 11.3. The Morgan fingerprint density at radius 1 is 1.04 bits per heavy atom. The van der Waals surface area contributed by atoms with Gasteiger partial charge in [-0.15, -0.1) is 0 Å². The molecule has 0 unspecified atom stereocenters. The number of aromatic nitrogens is 1. The zero-order chi connectivity index (χ0) is 17.9. The normalized spacial score (nSPS) is 10.5. The molecule has 0 saturated carbocycles. The van der Waals surface area contributed by atoms with Crippen molar-refractivity contribution in [1.82, 2.24) is 4.57 Å². The van der Waals surface area contributed by atoms with Gasteiger partial charge in [-0.3, -0.25) is 4.79 Å². The molecule has 5 nitrogen and oxygen atoms in total. The summed E-state index contributed by atoms with van der Waals surface area (Å²) < 4.78 is 12.4. The van der Waals surface area contributed by atoms with Gasteiger partial charge in [0.25, 0.3) is 0 Å². The molecule has 2 aromatic rings. The number of aryl methyl sites for hydroxylation is 3. The van der Waals surface area contributed by atoms with E-state index in [9.17, 15) is 9.59 Å². The van der Waals surface area contributed by atoms with E-state index in [1.54, 1.807) is 6.07 Å². The van der Waals surface area contributed by atoms with Gasteiger partial charge in [-0.05, 0) is 51.0 Å². The zero-order valence-corrected chi connectivity index (χ0v) is 14.8. The average molecular weight is 329 g/mol. The van der Waals surface area contributed by atoms with Crippen LogP contribution < -0.4 is 4.74 Å². The van der Waals surface area contributed by atoms with Crippen LogP contribution in [-0.2, 0) is 16.6 Å². The van der Waals surface area contributed by atoms with E-state index >= 15 is 0 Å². The van der Waals surface area contributed by atoms with E-state index in [4.69, 9.17) is 9.47 Å². The first-order valence-electron chi connectivity index (χ1n) is 7.81.